The highest BCUT2D eigenvalue weighted by molar-refractivity contribution is 14.1. The minimum atomic E-state index is -4.66. The Morgan fingerprint density at radius 2 is 0.885 bits per heavy atom. The maximum absolute atomic E-state index is 14.6. The molecule has 0 radical (unpaired) electrons. The quantitative estimate of drug-likeness (QED) is 0.387. The van der Waals surface area contributed by atoms with Gasteiger partial charge in [0.2, 0.25) is 0 Å². The molecule has 3 aromatic carbocycles. The van der Waals surface area contributed by atoms with E-state index in [-0.39, 0.29) is 28.2 Å². The summed E-state index contributed by atoms with van der Waals surface area (Å²) < 4.78 is 44.6. The Bertz CT molecular complexity index is 775. The molecule has 3 rings (SSSR count). The third-order valence-corrected chi connectivity index (χ3v) is 5.02. The van der Waals surface area contributed by atoms with Crippen LogP contribution in [0.25, 0.3) is 0 Å². The van der Waals surface area contributed by atoms with Gasteiger partial charge in [0.25, 0.3) is 0 Å². The van der Waals surface area contributed by atoms with Crippen LogP contribution in [-0.2, 0) is 5.41 Å². The third kappa shape index (κ3) is 3.13. The molecule has 0 aliphatic heterocycles. The molecule has 134 valence electrons. The summed E-state index contributed by atoms with van der Waals surface area (Å²) in [5.74, 6) is -0.226. The first-order valence-corrected chi connectivity index (χ1v) is 8.75. The standard InChI is InChI=1S/C20H14F3IO2/c21-20(22,23)19(13-1-7-16(24)8-2-13,14-3-9-17(25)10-4-14)15-5-11-18(26)12-6-15/h1-12,25-26H. The van der Waals surface area contributed by atoms with Crippen molar-refractivity contribution in [2.75, 3.05) is 0 Å². The molecule has 6 heteroatoms. The van der Waals surface area contributed by atoms with E-state index in [9.17, 15) is 23.4 Å². The smallest absolute Gasteiger partial charge is 0.406 e. The lowest BCUT2D eigenvalue weighted by Gasteiger charge is -2.37. The predicted molar refractivity (Wildman–Crippen MR) is 101 cm³/mol. The zero-order chi connectivity index (χ0) is 18.9. The summed E-state index contributed by atoms with van der Waals surface area (Å²) >= 11 is 2.04. The van der Waals surface area contributed by atoms with Crippen LogP contribution in [0.2, 0.25) is 0 Å². The lowest BCUT2D eigenvalue weighted by Crippen LogP contribution is -2.44. The van der Waals surface area contributed by atoms with E-state index in [1.807, 2.05) is 22.6 Å². The molecule has 0 saturated heterocycles. The Hall–Kier alpha value is -2.22. The summed E-state index contributed by atoms with van der Waals surface area (Å²) in [6, 6.07) is 16.2. The van der Waals surface area contributed by atoms with Crippen molar-refractivity contribution in [2.45, 2.75) is 11.6 Å². The summed E-state index contributed by atoms with van der Waals surface area (Å²) in [7, 11) is 0. The van der Waals surface area contributed by atoms with Crippen molar-refractivity contribution in [3.63, 3.8) is 0 Å². The number of rotatable bonds is 3. The zero-order valence-corrected chi connectivity index (χ0v) is 15.5. The van der Waals surface area contributed by atoms with Gasteiger partial charge in [-0.25, -0.2) is 0 Å². The molecule has 0 aromatic heterocycles. The van der Waals surface area contributed by atoms with E-state index in [0.717, 1.165) is 3.57 Å². The van der Waals surface area contributed by atoms with Gasteiger partial charge in [-0.2, -0.15) is 13.2 Å². The van der Waals surface area contributed by atoms with Crippen LogP contribution in [-0.4, -0.2) is 16.4 Å². The number of aromatic hydroxyl groups is 2. The third-order valence-electron chi connectivity index (χ3n) is 4.30. The van der Waals surface area contributed by atoms with E-state index in [1.54, 1.807) is 12.1 Å². The average molecular weight is 470 g/mol. The molecule has 0 amide bonds. The van der Waals surface area contributed by atoms with Gasteiger partial charge in [-0.15, -0.1) is 0 Å². The number of phenols is 2. The van der Waals surface area contributed by atoms with Crippen LogP contribution >= 0.6 is 22.6 Å². The van der Waals surface area contributed by atoms with Crippen molar-refractivity contribution in [3.05, 3.63) is 93.1 Å². The molecule has 0 saturated carbocycles. The fourth-order valence-corrected chi connectivity index (χ4v) is 3.47. The Morgan fingerprint density at radius 1 is 0.577 bits per heavy atom. The maximum atomic E-state index is 14.6. The van der Waals surface area contributed by atoms with E-state index in [4.69, 9.17) is 0 Å². The summed E-state index contributed by atoms with van der Waals surface area (Å²) in [6.45, 7) is 0. The summed E-state index contributed by atoms with van der Waals surface area (Å²) in [5, 5.41) is 19.0. The molecule has 0 aliphatic rings. The zero-order valence-electron chi connectivity index (χ0n) is 13.3. The average Bonchev–Trinajstić information content (AvgIpc) is 2.59. The molecule has 0 atom stereocenters. The van der Waals surface area contributed by atoms with E-state index < -0.39 is 11.6 Å². The molecule has 0 bridgehead atoms. The Morgan fingerprint density at radius 3 is 1.19 bits per heavy atom. The second kappa shape index (κ2) is 6.83. The molecule has 0 fully saturated rings. The lowest BCUT2D eigenvalue weighted by molar-refractivity contribution is -0.166. The molecule has 2 nitrogen and oxygen atoms in total. The van der Waals surface area contributed by atoms with Crippen molar-refractivity contribution in [2.24, 2.45) is 0 Å². The van der Waals surface area contributed by atoms with Gasteiger partial charge in [0.1, 0.15) is 16.9 Å². The monoisotopic (exact) mass is 470 g/mol. The van der Waals surface area contributed by atoms with Gasteiger partial charge in [-0.3, -0.25) is 0 Å². The summed E-state index contributed by atoms with van der Waals surface area (Å²) in [5.41, 5.74) is -2.41. The topological polar surface area (TPSA) is 40.5 Å². The number of hydrogen-bond donors (Lipinski definition) is 2. The highest BCUT2D eigenvalue weighted by Gasteiger charge is 2.58. The molecular formula is C20H14F3IO2. The van der Waals surface area contributed by atoms with Crippen LogP contribution < -0.4 is 0 Å². The van der Waals surface area contributed by atoms with Gasteiger partial charge in [0, 0.05) is 3.57 Å². The Kier molecular flexibility index (Phi) is 4.88. The first-order chi connectivity index (χ1) is 12.2. The van der Waals surface area contributed by atoms with Crippen LogP contribution in [0.4, 0.5) is 13.2 Å². The minimum absolute atomic E-state index is 0.0188. The van der Waals surface area contributed by atoms with Gasteiger partial charge in [0.15, 0.2) is 0 Å². The molecule has 0 unspecified atom stereocenters. The van der Waals surface area contributed by atoms with Gasteiger partial charge in [-0.05, 0) is 75.7 Å². The van der Waals surface area contributed by atoms with E-state index in [1.165, 1.54) is 60.7 Å². The molecule has 0 heterocycles. The van der Waals surface area contributed by atoms with Crippen LogP contribution in [0, 0.1) is 3.57 Å². The molecule has 0 spiro atoms. The number of alkyl halides is 3. The Labute approximate surface area is 162 Å². The highest BCUT2D eigenvalue weighted by Crippen LogP contribution is 2.51. The fourth-order valence-electron chi connectivity index (χ4n) is 3.11. The molecular weight excluding hydrogens is 456 g/mol. The second-order valence-electron chi connectivity index (χ2n) is 5.85. The van der Waals surface area contributed by atoms with Gasteiger partial charge in [0.05, 0.1) is 0 Å². The van der Waals surface area contributed by atoms with Gasteiger partial charge < -0.3 is 10.2 Å². The van der Waals surface area contributed by atoms with Crippen molar-refractivity contribution in [3.8, 4) is 11.5 Å². The van der Waals surface area contributed by atoms with E-state index in [2.05, 4.69) is 0 Å². The van der Waals surface area contributed by atoms with Crippen molar-refractivity contribution in [1.82, 2.24) is 0 Å². The summed E-state index contributed by atoms with van der Waals surface area (Å²) in [6.07, 6.45) is -4.66. The number of phenolic OH excluding ortho intramolecular Hbond substituents is 2. The molecule has 2 N–H and O–H groups in total. The van der Waals surface area contributed by atoms with Crippen molar-refractivity contribution < 1.29 is 23.4 Å². The lowest BCUT2D eigenvalue weighted by atomic mass is 9.69. The van der Waals surface area contributed by atoms with E-state index >= 15 is 0 Å². The largest absolute Gasteiger partial charge is 0.508 e. The van der Waals surface area contributed by atoms with Crippen LogP contribution in [0.15, 0.2) is 72.8 Å². The van der Waals surface area contributed by atoms with Crippen molar-refractivity contribution in [1.29, 1.82) is 0 Å². The van der Waals surface area contributed by atoms with Crippen LogP contribution in [0.3, 0.4) is 0 Å². The van der Waals surface area contributed by atoms with Gasteiger partial charge in [-0.1, -0.05) is 36.4 Å². The molecule has 0 aliphatic carbocycles. The highest BCUT2D eigenvalue weighted by atomic mass is 127. The maximum Gasteiger partial charge on any atom is 0.406 e. The second-order valence-corrected chi connectivity index (χ2v) is 7.09. The first-order valence-electron chi connectivity index (χ1n) is 7.67. The van der Waals surface area contributed by atoms with Crippen molar-refractivity contribution >= 4 is 22.6 Å². The number of benzene rings is 3. The summed E-state index contributed by atoms with van der Waals surface area (Å²) in [4.78, 5) is 0. The SMILES string of the molecule is Oc1ccc(C(c2ccc(O)cc2)(c2ccc(I)cc2)C(F)(F)F)cc1. The molecule has 26 heavy (non-hydrogen) atoms. The van der Waals surface area contributed by atoms with Crippen LogP contribution in [0.1, 0.15) is 16.7 Å². The number of halogens is 4. The normalized spacial score (nSPS) is 12.2. The fraction of sp³-hybridized carbons (Fsp3) is 0.100. The van der Waals surface area contributed by atoms with E-state index in [0.29, 0.717) is 0 Å². The van der Waals surface area contributed by atoms with Gasteiger partial charge >= 0.3 is 6.18 Å². The Balaban J connectivity index is 2.40. The first kappa shape index (κ1) is 18.6. The van der Waals surface area contributed by atoms with Crippen LogP contribution in [0.5, 0.6) is 11.5 Å². The minimum Gasteiger partial charge on any atom is -0.508 e. The molecule has 3 aromatic rings. The predicted octanol–water partition coefficient (Wildman–Crippen LogP) is 5.60. The number of hydrogen-bond acceptors (Lipinski definition) is 2.